The number of benzene rings is 1. The Morgan fingerprint density at radius 3 is 2.47 bits per heavy atom. The van der Waals surface area contributed by atoms with Gasteiger partial charge in [0.2, 0.25) is 15.9 Å². The molecule has 1 fully saturated rings. The number of amides is 1. The van der Waals surface area contributed by atoms with Gasteiger partial charge < -0.3 is 11.5 Å². The Bertz CT molecular complexity index is 609. The summed E-state index contributed by atoms with van der Waals surface area (Å²) < 4.78 is 26.4. The number of primary amides is 1. The molecule has 0 atom stereocenters. The number of hydrogen-bond donors (Lipinski definition) is 2. The molecule has 0 aliphatic heterocycles. The first-order valence-corrected chi connectivity index (χ1v) is 7.53. The number of nitrogen functional groups attached to an aromatic ring is 1. The number of nitrogens with two attached hydrogens (primary N) is 2. The summed E-state index contributed by atoms with van der Waals surface area (Å²) in [7, 11) is -3.60. The maximum absolute atomic E-state index is 12.5. The van der Waals surface area contributed by atoms with E-state index in [1.807, 2.05) is 0 Å². The highest BCUT2D eigenvalue weighted by molar-refractivity contribution is 7.89. The van der Waals surface area contributed by atoms with Crippen LogP contribution in [-0.4, -0.2) is 31.2 Å². The minimum atomic E-state index is -3.60. The molecule has 104 valence electrons. The van der Waals surface area contributed by atoms with Crippen LogP contribution in [0.5, 0.6) is 0 Å². The Morgan fingerprint density at radius 2 is 2.05 bits per heavy atom. The van der Waals surface area contributed by atoms with Gasteiger partial charge in [-0.15, -0.1) is 0 Å². The zero-order chi connectivity index (χ0) is 14.2. The predicted molar refractivity (Wildman–Crippen MR) is 72.0 cm³/mol. The molecule has 0 unspecified atom stereocenters. The summed E-state index contributed by atoms with van der Waals surface area (Å²) in [6, 6.07) is 4.10. The molecule has 4 N–H and O–H groups in total. The van der Waals surface area contributed by atoms with Crippen molar-refractivity contribution in [2.45, 2.75) is 30.7 Å². The fraction of sp³-hybridized carbons (Fsp3) is 0.417. The van der Waals surface area contributed by atoms with Gasteiger partial charge in [0, 0.05) is 18.2 Å². The molecule has 0 radical (unpaired) electrons. The Balaban J connectivity index is 2.43. The fourth-order valence-electron chi connectivity index (χ4n) is 2.05. The second-order valence-electron chi connectivity index (χ2n) is 4.56. The molecule has 0 aromatic heterocycles. The van der Waals surface area contributed by atoms with Gasteiger partial charge in [0.25, 0.3) is 0 Å². The van der Waals surface area contributed by atoms with Gasteiger partial charge in [-0.2, -0.15) is 4.31 Å². The van der Waals surface area contributed by atoms with E-state index < -0.39 is 15.9 Å². The van der Waals surface area contributed by atoms with Crippen LogP contribution in [-0.2, 0) is 10.0 Å². The molecule has 1 aromatic carbocycles. The molecule has 1 aromatic rings. The summed E-state index contributed by atoms with van der Waals surface area (Å²) in [6.07, 6.45) is 1.76. The maximum Gasteiger partial charge on any atom is 0.248 e. The van der Waals surface area contributed by atoms with E-state index >= 15 is 0 Å². The molecule has 2 rings (SSSR count). The topological polar surface area (TPSA) is 106 Å². The number of carbonyl (C=O) groups is 1. The Hall–Kier alpha value is -1.60. The van der Waals surface area contributed by atoms with E-state index in [1.165, 1.54) is 22.5 Å². The fourth-order valence-corrected chi connectivity index (χ4v) is 3.84. The lowest BCUT2D eigenvalue weighted by molar-refractivity contribution is 0.1000. The molecule has 1 aliphatic rings. The maximum atomic E-state index is 12.5. The van der Waals surface area contributed by atoms with Gasteiger partial charge in [-0.25, -0.2) is 8.42 Å². The third-order valence-corrected chi connectivity index (χ3v) is 5.25. The van der Waals surface area contributed by atoms with E-state index in [0.717, 1.165) is 12.8 Å². The smallest absolute Gasteiger partial charge is 0.248 e. The summed E-state index contributed by atoms with van der Waals surface area (Å²) in [4.78, 5) is 11.1. The molecule has 0 bridgehead atoms. The van der Waals surface area contributed by atoms with Gasteiger partial charge in [-0.1, -0.05) is 6.92 Å². The first-order chi connectivity index (χ1) is 8.87. The molecule has 1 aliphatic carbocycles. The van der Waals surface area contributed by atoms with Crippen molar-refractivity contribution in [3.8, 4) is 0 Å². The third kappa shape index (κ3) is 2.57. The van der Waals surface area contributed by atoms with Crippen LogP contribution in [0.25, 0.3) is 0 Å². The molecule has 19 heavy (non-hydrogen) atoms. The summed E-state index contributed by atoms with van der Waals surface area (Å²) in [5.41, 5.74) is 11.1. The highest BCUT2D eigenvalue weighted by Gasteiger charge is 2.37. The van der Waals surface area contributed by atoms with Crippen molar-refractivity contribution in [3.05, 3.63) is 23.8 Å². The zero-order valence-corrected chi connectivity index (χ0v) is 11.5. The van der Waals surface area contributed by atoms with E-state index in [0.29, 0.717) is 6.54 Å². The van der Waals surface area contributed by atoms with Gasteiger partial charge >= 0.3 is 0 Å². The largest absolute Gasteiger partial charge is 0.398 e. The van der Waals surface area contributed by atoms with E-state index in [1.54, 1.807) is 6.92 Å². The van der Waals surface area contributed by atoms with Crippen molar-refractivity contribution in [2.24, 2.45) is 5.73 Å². The van der Waals surface area contributed by atoms with Crippen molar-refractivity contribution in [1.29, 1.82) is 0 Å². The monoisotopic (exact) mass is 283 g/mol. The highest BCUT2D eigenvalue weighted by atomic mass is 32.2. The highest BCUT2D eigenvalue weighted by Crippen LogP contribution is 2.33. The molecule has 6 nitrogen and oxygen atoms in total. The standard InChI is InChI=1S/C12H17N3O3S/c1-2-15(9-4-5-9)19(17,18)11-6-3-8(12(14)16)7-10(11)13/h3,6-7,9H,2,4-5,13H2,1H3,(H2,14,16). The van der Waals surface area contributed by atoms with Crippen LogP contribution in [0.2, 0.25) is 0 Å². The number of hydrogen-bond acceptors (Lipinski definition) is 4. The van der Waals surface area contributed by atoms with Gasteiger partial charge in [0.15, 0.2) is 0 Å². The lowest BCUT2D eigenvalue weighted by atomic mass is 10.2. The summed E-state index contributed by atoms with van der Waals surface area (Å²) >= 11 is 0. The van der Waals surface area contributed by atoms with E-state index in [9.17, 15) is 13.2 Å². The molecular weight excluding hydrogens is 266 g/mol. The summed E-state index contributed by atoms with van der Waals surface area (Å²) in [5, 5.41) is 0. The first-order valence-electron chi connectivity index (χ1n) is 6.09. The quantitative estimate of drug-likeness (QED) is 0.769. The van der Waals surface area contributed by atoms with Gasteiger partial charge in [-0.3, -0.25) is 4.79 Å². The van der Waals surface area contributed by atoms with E-state index in [-0.39, 0.29) is 22.2 Å². The van der Waals surface area contributed by atoms with Crippen LogP contribution in [0.3, 0.4) is 0 Å². The SMILES string of the molecule is CCN(C1CC1)S(=O)(=O)c1ccc(C(N)=O)cc1N. The Labute approximate surface area is 112 Å². The minimum Gasteiger partial charge on any atom is -0.398 e. The van der Waals surface area contributed by atoms with Crippen molar-refractivity contribution >= 4 is 21.6 Å². The third-order valence-electron chi connectivity index (χ3n) is 3.15. The van der Waals surface area contributed by atoms with Crippen LogP contribution >= 0.6 is 0 Å². The number of sulfonamides is 1. The molecule has 0 spiro atoms. The van der Waals surface area contributed by atoms with Crippen molar-refractivity contribution in [3.63, 3.8) is 0 Å². The lowest BCUT2D eigenvalue weighted by Crippen LogP contribution is -2.33. The number of carbonyl (C=O) groups excluding carboxylic acids is 1. The second-order valence-corrected chi connectivity index (χ2v) is 6.42. The van der Waals surface area contributed by atoms with Gasteiger partial charge in [0.05, 0.1) is 5.69 Å². The van der Waals surface area contributed by atoms with Crippen molar-refractivity contribution in [1.82, 2.24) is 4.31 Å². The Morgan fingerprint density at radius 1 is 1.42 bits per heavy atom. The van der Waals surface area contributed by atoms with Crippen LogP contribution in [0.4, 0.5) is 5.69 Å². The molecule has 1 amide bonds. The summed E-state index contributed by atoms with van der Waals surface area (Å²) in [6.45, 7) is 2.20. The Kier molecular flexibility index (Phi) is 3.51. The summed E-state index contributed by atoms with van der Waals surface area (Å²) in [5.74, 6) is -0.634. The molecule has 1 saturated carbocycles. The lowest BCUT2D eigenvalue weighted by Gasteiger charge is -2.21. The van der Waals surface area contributed by atoms with Gasteiger partial charge in [0.1, 0.15) is 4.90 Å². The van der Waals surface area contributed by atoms with E-state index in [4.69, 9.17) is 11.5 Å². The number of anilines is 1. The first kappa shape index (κ1) is 13.8. The number of rotatable bonds is 5. The molecular formula is C12H17N3O3S. The second kappa shape index (κ2) is 4.82. The number of nitrogens with zero attached hydrogens (tertiary/aromatic N) is 1. The van der Waals surface area contributed by atoms with Gasteiger partial charge in [-0.05, 0) is 31.0 Å². The molecule has 0 heterocycles. The van der Waals surface area contributed by atoms with Crippen LogP contribution in [0.15, 0.2) is 23.1 Å². The van der Waals surface area contributed by atoms with Crippen LogP contribution < -0.4 is 11.5 Å². The normalized spacial score (nSPS) is 15.7. The molecule has 7 heteroatoms. The van der Waals surface area contributed by atoms with Crippen LogP contribution in [0.1, 0.15) is 30.1 Å². The average Bonchev–Trinajstić information content (AvgIpc) is 3.13. The predicted octanol–water partition coefficient (Wildman–Crippen LogP) is 0.541. The van der Waals surface area contributed by atoms with E-state index in [2.05, 4.69) is 0 Å². The molecule has 0 saturated heterocycles. The van der Waals surface area contributed by atoms with Crippen LogP contribution in [0, 0.1) is 0 Å². The van der Waals surface area contributed by atoms with Crippen molar-refractivity contribution < 1.29 is 13.2 Å². The zero-order valence-electron chi connectivity index (χ0n) is 10.7. The minimum absolute atomic E-state index is 0.0336. The average molecular weight is 283 g/mol. The van der Waals surface area contributed by atoms with Crippen molar-refractivity contribution in [2.75, 3.05) is 12.3 Å².